The molecule has 1 saturated carbocycles. The van der Waals surface area contributed by atoms with Crippen LogP contribution in [0.3, 0.4) is 0 Å². The van der Waals surface area contributed by atoms with Crippen molar-refractivity contribution in [3.63, 3.8) is 0 Å². The molecule has 2 fully saturated rings. The van der Waals surface area contributed by atoms with Gasteiger partial charge in [0.15, 0.2) is 0 Å². The van der Waals surface area contributed by atoms with Crippen molar-refractivity contribution in [2.75, 3.05) is 12.8 Å². The molecule has 1 saturated heterocycles. The van der Waals surface area contributed by atoms with E-state index >= 15 is 0 Å². The zero-order valence-corrected chi connectivity index (χ0v) is 12.0. The molecular weight excluding hydrogens is 248 g/mol. The third-order valence-corrected chi connectivity index (χ3v) is 4.94. The second kappa shape index (κ2) is 6.06. The lowest BCUT2D eigenvalue weighted by Crippen LogP contribution is -2.43. The SMILES string of the molecule is CCCN1C(=O)CC(NC2CCC(SC)C2)C1=O. The van der Waals surface area contributed by atoms with Crippen molar-refractivity contribution in [3.05, 3.63) is 0 Å². The van der Waals surface area contributed by atoms with Gasteiger partial charge < -0.3 is 5.32 Å². The van der Waals surface area contributed by atoms with E-state index < -0.39 is 0 Å². The monoisotopic (exact) mass is 270 g/mol. The molecule has 18 heavy (non-hydrogen) atoms. The van der Waals surface area contributed by atoms with Gasteiger partial charge in [-0.05, 0) is 31.9 Å². The summed E-state index contributed by atoms with van der Waals surface area (Å²) in [4.78, 5) is 25.2. The summed E-state index contributed by atoms with van der Waals surface area (Å²) in [5.41, 5.74) is 0. The Balaban J connectivity index is 1.87. The van der Waals surface area contributed by atoms with Gasteiger partial charge in [0.1, 0.15) is 0 Å². The molecule has 1 N–H and O–H groups in total. The van der Waals surface area contributed by atoms with E-state index in [1.807, 2.05) is 18.7 Å². The molecule has 0 bridgehead atoms. The topological polar surface area (TPSA) is 49.4 Å². The van der Waals surface area contributed by atoms with Gasteiger partial charge in [0.05, 0.1) is 12.5 Å². The van der Waals surface area contributed by atoms with Crippen molar-refractivity contribution < 1.29 is 9.59 Å². The van der Waals surface area contributed by atoms with Gasteiger partial charge >= 0.3 is 0 Å². The molecule has 2 rings (SSSR count). The van der Waals surface area contributed by atoms with Gasteiger partial charge in [0.25, 0.3) is 0 Å². The third kappa shape index (κ3) is 2.88. The van der Waals surface area contributed by atoms with Crippen molar-refractivity contribution in [3.8, 4) is 0 Å². The lowest BCUT2D eigenvalue weighted by Gasteiger charge is -2.18. The Bertz CT molecular complexity index is 335. The van der Waals surface area contributed by atoms with Crippen LogP contribution in [0.15, 0.2) is 0 Å². The number of imide groups is 1. The van der Waals surface area contributed by atoms with Crippen LogP contribution in [0, 0.1) is 0 Å². The van der Waals surface area contributed by atoms with Crippen molar-refractivity contribution in [2.24, 2.45) is 0 Å². The Hall–Kier alpha value is -0.550. The summed E-state index contributed by atoms with van der Waals surface area (Å²) >= 11 is 1.90. The first-order valence-corrected chi connectivity index (χ1v) is 8.07. The largest absolute Gasteiger partial charge is 0.303 e. The summed E-state index contributed by atoms with van der Waals surface area (Å²) < 4.78 is 0. The van der Waals surface area contributed by atoms with E-state index in [-0.39, 0.29) is 17.9 Å². The summed E-state index contributed by atoms with van der Waals surface area (Å²) in [6.07, 6.45) is 6.78. The van der Waals surface area contributed by atoms with Gasteiger partial charge in [-0.2, -0.15) is 11.8 Å². The van der Waals surface area contributed by atoms with E-state index in [9.17, 15) is 9.59 Å². The number of hydrogen-bond donors (Lipinski definition) is 1. The Kier molecular flexibility index (Phi) is 4.67. The summed E-state index contributed by atoms with van der Waals surface area (Å²) in [5.74, 6) is -0.0341. The molecule has 5 heteroatoms. The second-order valence-corrected chi connectivity index (χ2v) is 6.31. The molecule has 1 aliphatic carbocycles. The lowest BCUT2D eigenvalue weighted by molar-refractivity contribution is -0.138. The van der Waals surface area contributed by atoms with Gasteiger partial charge in [0.2, 0.25) is 11.8 Å². The average Bonchev–Trinajstić information content (AvgIpc) is 2.90. The summed E-state index contributed by atoms with van der Waals surface area (Å²) in [5, 5.41) is 4.09. The second-order valence-electron chi connectivity index (χ2n) is 5.17. The molecule has 2 aliphatic rings. The van der Waals surface area contributed by atoms with Gasteiger partial charge in [-0.25, -0.2) is 0 Å². The molecule has 0 aromatic rings. The zero-order chi connectivity index (χ0) is 13.1. The smallest absolute Gasteiger partial charge is 0.246 e. The number of likely N-dealkylation sites (tertiary alicyclic amines) is 1. The fourth-order valence-corrected chi connectivity index (χ4v) is 3.66. The molecule has 102 valence electrons. The van der Waals surface area contributed by atoms with E-state index in [1.54, 1.807) is 0 Å². The van der Waals surface area contributed by atoms with E-state index in [1.165, 1.54) is 11.3 Å². The minimum Gasteiger partial charge on any atom is -0.303 e. The maximum Gasteiger partial charge on any atom is 0.246 e. The van der Waals surface area contributed by atoms with Crippen LogP contribution in [0.5, 0.6) is 0 Å². The van der Waals surface area contributed by atoms with E-state index in [2.05, 4.69) is 11.6 Å². The Morgan fingerprint density at radius 1 is 1.39 bits per heavy atom. The molecule has 3 unspecified atom stereocenters. The average molecular weight is 270 g/mol. The van der Waals surface area contributed by atoms with Crippen molar-refractivity contribution in [2.45, 2.75) is 56.4 Å². The van der Waals surface area contributed by atoms with E-state index in [4.69, 9.17) is 0 Å². The zero-order valence-electron chi connectivity index (χ0n) is 11.1. The van der Waals surface area contributed by atoms with Crippen molar-refractivity contribution >= 4 is 23.6 Å². The number of thioether (sulfide) groups is 1. The van der Waals surface area contributed by atoms with Gasteiger partial charge in [-0.3, -0.25) is 14.5 Å². The number of amides is 2. The maximum atomic E-state index is 12.1. The highest BCUT2D eigenvalue weighted by atomic mass is 32.2. The first-order valence-electron chi connectivity index (χ1n) is 6.78. The Morgan fingerprint density at radius 3 is 2.78 bits per heavy atom. The molecule has 1 aliphatic heterocycles. The molecular formula is C13H22N2O2S. The number of rotatable bonds is 5. The van der Waals surface area contributed by atoms with Gasteiger partial charge in [-0.1, -0.05) is 6.92 Å². The number of hydrogen-bond acceptors (Lipinski definition) is 4. The van der Waals surface area contributed by atoms with Crippen LogP contribution in [0.4, 0.5) is 0 Å². The predicted octanol–water partition coefficient (Wildman–Crippen LogP) is 1.40. The Labute approximate surface area is 113 Å². The van der Waals surface area contributed by atoms with Crippen LogP contribution in [-0.4, -0.2) is 46.8 Å². The fourth-order valence-electron chi connectivity index (χ4n) is 2.86. The molecule has 4 nitrogen and oxygen atoms in total. The molecule has 0 aromatic heterocycles. The maximum absolute atomic E-state index is 12.1. The lowest BCUT2D eigenvalue weighted by atomic mass is 10.2. The predicted molar refractivity (Wildman–Crippen MR) is 73.5 cm³/mol. The van der Waals surface area contributed by atoms with Crippen molar-refractivity contribution in [1.29, 1.82) is 0 Å². The molecule has 0 radical (unpaired) electrons. The summed E-state index contributed by atoms with van der Waals surface area (Å²) in [6, 6.07) is 0.139. The third-order valence-electron chi connectivity index (χ3n) is 3.85. The number of nitrogens with zero attached hydrogens (tertiary/aromatic N) is 1. The van der Waals surface area contributed by atoms with Crippen LogP contribution in [0.1, 0.15) is 39.0 Å². The van der Waals surface area contributed by atoms with Crippen LogP contribution in [0.25, 0.3) is 0 Å². The quantitative estimate of drug-likeness (QED) is 0.767. The molecule has 0 spiro atoms. The first-order chi connectivity index (χ1) is 8.65. The standard InChI is InChI=1S/C13H22N2O2S/c1-3-6-15-12(16)8-11(13(15)17)14-9-4-5-10(7-9)18-2/h9-11,14H,3-8H2,1-2H3. The minimum absolute atomic E-state index is 0.0150. The minimum atomic E-state index is -0.269. The van der Waals surface area contributed by atoms with Crippen molar-refractivity contribution in [1.82, 2.24) is 10.2 Å². The van der Waals surface area contributed by atoms with Crippen LogP contribution < -0.4 is 5.32 Å². The summed E-state index contributed by atoms with van der Waals surface area (Å²) in [6.45, 7) is 2.55. The molecule has 3 atom stereocenters. The molecule has 1 heterocycles. The van der Waals surface area contributed by atoms with E-state index in [0.29, 0.717) is 24.3 Å². The number of carbonyl (C=O) groups is 2. The highest BCUT2D eigenvalue weighted by Gasteiger charge is 2.39. The normalized spacial score (nSPS) is 32.6. The Morgan fingerprint density at radius 2 is 2.17 bits per heavy atom. The highest BCUT2D eigenvalue weighted by molar-refractivity contribution is 7.99. The number of carbonyl (C=O) groups excluding carboxylic acids is 2. The van der Waals surface area contributed by atoms with Crippen LogP contribution in [-0.2, 0) is 9.59 Å². The molecule has 2 amide bonds. The van der Waals surface area contributed by atoms with Crippen LogP contribution >= 0.6 is 11.8 Å². The highest BCUT2D eigenvalue weighted by Crippen LogP contribution is 2.29. The number of nitrogens with one attached hydrogen (secondary N) is 1. The van der Waals surface area contributed by atoms with E-state index in [0.717, 1.165) is 19.3 Å². The summed E-state index contributed by atoms with van der Waals surface area (Å²) in [7, 11) is 0. The molecule has 0 aromatic carbocycles. The first kappa shape index (κ1) is 13.9. The fraction of sp³-hybridized carbons (Fsp3) is 0.846. The van der Waals surface area contributed by atoms with Crippen LogP contribution in [0.2, 0.25) is 0 Å². The van der Waals surface area contributed by atoms with Gasteiger partial charge in [0, 0.05) is 17.8 Å². The van der Waals surface area contributed by atoms with Gasteiger partial charge in [-0.15, -0.1) is 0 Å².